The van der Waals surface area contributed by atoms with E-state index in [1.54, 1.807) is 4.90 Å². The standard InChI is InChI=1S/C8H13NO4/c10-3-4-7(12)8(13)6-5(11)1-2-9(4)6/h4,6-8,10,12-13H,1-3H2/t4-,6-,7-,8-/m1/s1. The highest BCUT2D eigenvalue weighted by Crippen LogP contribution is 2.30. The van der Waals surface area contributed by atoms with Crippen molar-refractivity contribution in [3.8, 4) is 0 Å². The molecule has 0 aromatic carbocycles. The van der Waals surface area contributed by atoms with Gasteiger partial charge in [0.2, 0.25) is 0 Å². The van der Waals surface area contributed by atoms with Crippen LogP contribution in [-0.4, -0.2) is 63.4 Å². The van der Waals surface area contributed by atoms with Gasteiger partial charge in [0.1, 0.15) is 6.10 Å². The van der Waals surface area contributed by atoms with Gasteiger partial charge in [-0.05, 0) is 0 Å². The summed E-state index contributed by atoms with van der Waals surface area (Å²) in [5, 5.41) is 28.0. The summed E-state index contributed by atoms with van der Waals surface area (Å²) in [7, 11) is 0. The molecule has 4 atom stereocenters. The summed E-state index contributed by atoms with van der Waals surface area (Å²) in [5.41, 5.74) is 0. The maximum atomic E-state index is 11.3. The van der Waals surface area contributed by atoms with Gasteiger partial charge in [0, 0.05) is 13.0 Å². The highest BCUT2D eigenvalue weighted by molar-refractivity contribution is 5.87. The topological polar surface area (TPSA) is 81.0 Å². The van der Waals surface area contributed by atoms with Crippen molar-refractivity contribution in [1.82, 2.24) is 4.90 Å². The van der Waals surface area contributed by atoms with E-state index in [0.717, 1.165) is 0 Å². The SMILES string of the molecule is O=C1CCN2[C@H](CO)[C@@H](O)[C@H](O)[C@@H]12. The van der Waals surface area contributed by atoms with Crippen LogP contribution < -0.4 is 0 Å². The molecule has 0 aromatic heterocycles. The van der Waals surface area contributed by atoms with Gasteiger partial charge in [0.05, 0.1) is 24.8 Å². The molecule has 74 valence electrons. The molecule has 0 spiro atoms. The Kier molecular flexibility index (Phi) is 2.11. The first-order chi connectivity index (χ1) is 6.16. The van der Waals surface area contributed by atoms with E-state index in [1.807, 2.05) is 0 Å². The normalized spacial score (nSPS) is 45.6. The molecule has 2 aliphatic rings. The van der Waals surface area contributed by atoms with E-state index in [2.05, 4.69) is 0 Å². The molecule has 5 heteroatoms. The summed E-state index contributed by atoms with van der Waals surface area (Å²) < 4.78 is 0. The molecule has 0 aromatic rings. The molecule has 3 N–H and O–H groups in total. The molecule has 0 amide bonds. The van der Waals surface area contributed by atoms with E-state index in [9.17, 15) is 15.0 Å². The molecule has 0 aliphatic carbocycles. The Morgan fingerprint density at radius 1 is 1.38 bits per heavy atom. The fourth-order valence-corrected chi connectivity index (χ4v) is 2.29. The first-order valence-corrected chi connectivity index (χ1v) is 4.42. The molecule has 2 saturated heterocycles. The van der Waals surface area contributed by atoms with Gasteiger partial charge >= 0.3 is 0 Å². The lowest BCUT2D eigenvalue weighted by Crippen LogP contribution is -2.39. The third kappa shape index (κ3) is 1.12. The Hall–Kier alpha value is -0.490. The second-order valence-corrected chi connectivity index (χ2v) is 3.63. The summed E-state index contributed by atoms with van der Waals surface area (Å²) >= 11 is 0. The number of rotatable bonds is 1. The molecular formula is C8H13NO4. The third-order valence-corrected chi connectivity index (χ3v) is 2.98. The highest BCUT2D eigenvalue weighted by Gasteiger charge is 2.52. The van der Waals surface area contributed by atoms with Gasteiger partial charge in [-0.1, -0.05) is 0 Å². The van der Waals surface area contributed by atoms with E-state index in [4.69, 9.17) is 5.11 Å². The van der Waals surface area contributed by atoms with Crippen molar-refractivity contribution >= 4 is 5.78 Å². The smallest absolute Gasteiger partial charge is 0.154 e. The number of hydrogen-bond donors (Lipinski definition) is 3. The van der Waals surface area contributed by atoms with Crippen LogP contribution >= 0.6 is 0 Å². The van der Waals surface area contributed by atoms with Crippen LogP contribution in [0.25, 0.3) is 0 Å². The summed E-state index contributed by atoms with van der Waals surface area (Å²) in [6, 6.07) is -1.07. The number of Topliss-reactive ketones (excluding diaryl/α,β-unsaturated/α-hetero) is 1. The predicted octanol–water partition coefficient (Wildman–Crippen LogP) is -2.27. The molecule has 0 radical (unpaired) electrons. The van der Waals surface area contributed by atoms with Crippen LogP contribution in [0.1, 0.15) is 6.42 Å². The number of hydrogen-bond acceptors (Lipinski definition) is 5. The van der Waals surface area contributed by atoms with Crippen molar-refractivity contribution in [2.24, 2.45) is 0 Å². The second kappa shape index (κ2) is 3.02. The zero-order valence-corrected chi connectivity index (χ0v) is 7.13. The van der Waals surface area contributed by atoms with E-state index in [-0.39, 0.29) is 12.4 Å². The van der Waals surface area contributed by atoms with Crippen LogP contribution in [0.4, 0.5) is 0 Å². The monoisotopic (exact) mass is 187 g/mol. The first-order valence-electron chi connectivity index (χ1n) is 4.42. The highest BCUT2D eigenvalue weighted by atomic mass is 16.3. The lowest BCUT2D eigenvalue weighted by Gasteiger charge is -2.21. The number of carbonyl (C=O) groups is 1. The zero-order chi connectivity index (χ0) is 9.59. The van der Waals surface area contributed by atoms with Gasteiger partial charge in [-0.25, -0.2) is 0 Å². The lowest BCUT2D eigenvalue weighted by molar-refractivity contribution is -0.122. The van der Waals surface area contributed by atoms with Gasteiger partial charge in [-0.2, -0.15) is 0 Å². The Balaban J connectivity index is 2.24. The van der Waals surface area contributed by atoms with Crippen LogP contribution in [0.2, 0.25) is 0 Å². The molecule has 2 heterocycles. The molecule has 5 nitrogen and oxygen atoms in total. The van der Waals surface area contributed by atoms with Crippen molar-refractivity contribution < 1.29 is 20.1 Å². The van der Waals surface area contributed by atoms with Gasteiger partial charge in [-0.15, -0.1) is 0 Å². The minimum atomic E-state index is -1.04. The summed E-state index contributed by atoms with van der Waals surface area (Å²) in [6.07, 6.45) is -1.63. The van der Waals surface area contributed by atoms with E-state index >= 15 is 0 Å². The average Bonchev–Trinajstić information content (AvgIpc) is 2.57. The third-order valence-electron chi connectivity index (χ3n) is 2.98. The molecule has 0 unspecified atom stereocenters. The molecular weight excluding hydrogens is 174 g/mol. The molecule has 0 saturated carbocycles. The van der Waals surface area contributed by atoms with E-state index in [1.165, 1.54) is 0 Å². The number of fused-ring (bicyclic) bond motifs is 1. The summed E-state index contributed by atoms with van der Waals surface area (Å²) in [5.74, 6) is -0.0394. The zero-order valence-electron chi connectivity index (χ0n) is 7.13. The maximum Gasteiger partial charge on any atom is 0.154 e. The van der Waals surface area contributed by atoms with Gasteiger partial charge in [0.25, 0.3) is 0 Å². The Morgan fingerprint density at radius 2 is 2.08 bits per heavy atom. The van der Waals surface area contributed by atoms with Crippen LogP contribution in [0, 0.1) is 0 Å². The average molecular weight is 187 g/mol. The maximum absolute atomic E-state index is 11.3. The number of aliphatic hydroxyl groups is 3. The van der Waals surface area contributed by atoms with E-state index < -0.39 is 24.3 Å². The lowest BCUT2D eigenvalue weighted by atomic mass is 10.0. The quantitative estimate of drug-likeness (QED) is 0.431. The van der Waals surface area contributed by atoms with Crippen molar-refractivity contribution in [2.75, 3.05) is 13.2 Å². The fourth-order valence-electron chi connectivity index (χ4n) is 2.29. The van der Waals surface area contributed by atoms with Crippen molar-refractivity contribution in [3.05, 3.63) is 0 Å². The van der Waals surface area contributed by atoms with Crippen molar-refractivity contribution in [3.63, 3.8) is 0 Å². The van der Waals surface area contributed by atoms with Crippen LogP contribution in [0.5, 0.6) is 0 Å². The summed E-state index contributed by atoms with van der Waals surface area (Å²) in [4.78, 5) is 13.0. The Morgan fingerprint density at radius 3 is 2.69 bits per heavy atom. The van der Waals surface area contributed by atoms with Crippen LogP contribution in [0.3, 0.4) is 0 Å². The van der Waals surface area contributed by atoms with Gasteiger partial charge < -0.3 is 15.3 Å². The van der Waals surface area contributed by atoms with Gasteiger partial charge in [-0.3, -0.25) is 9.69 Å². The molecule has 2 rings (SSSR count). The fraction of sp³-hybridized carbons (Fsp3) is 0.875. The Bertz CT molecular complexity index is 232. The van der Waals surface area contributed by atoms with Crippen molar-refractivity contribution in [2.45, 2.75) is 30.7 Å². The molecule has 2 aliphatic heterocycles. The Labute approximate surface area is 75.6 Å². The number of aliphatic hydroxyl groups excluding tert-OH is 3. The number of nitrogens with zero attached hydrogens (tertiary/aromatic N) is 1. The predicted molar refractivity (Wildman–Crippen MR) is 43.0 cm³/mol. The van der Waals surface area contributed by atoms with Crippen LogP contribution in [-0.2, 0) is 4.79 Å². The second-order valence-electron chi connectivity index (χ2n) is 3.63. The molecule has 0 bridgehead atoms. The minimum Gasteiger partial charge on any atom is -0.395 e. The van der Waals surface area contributed by atoms with Crippen molar-refractivity contribution in [1.29, 1.82) is 0 Å². The molecule has 2 fully saturated rings. The number of ketones is 1. The minimum absolute atomic E-state index is 0.0394. The van der Waals surface area contributed by atoms with Gasteiger partial charge in [0.15, 0.2) is 5.78 Å². The first kappa shape index (κ1) is 9.08. The van der Waals surface area contributed by atoms with Crippen LogP contribution in [0.15, 0.2) is 0 Å². The number of carbonyl (C=O) groups excluding carboxylic acids is 1. The largest absolute Gasteiger partial charge is 0.395 e. The molecule has 13 heavy (non-hydrogen) atoms. The summed E-state index contributed by atoms with van der Waals surface area (Å²) in [6.45, 7) is 0.310. The van der Waals surface area contributed by atoms with E-state index in [0.29, 0.717) is 13.0 Å².